The number of amides is 1. The fraction of sp³-hybridized carbons (Fsp3) is 0.857. The van der Waals surface area contributed by atoms with E-state index in [2.05, 4.69) is 5.32 Å². The van der Waals surface area contributed by atoms with E-state index in [0.717, 1.165) is 6.42 Å². The highest BCUT2D eigenvalue weighted by Crippen LogP contribution is 2.01. The zero-order chi connectivity index (χ0) is 8.15. The van der Waals surface area contributed by atoms with Crippen molar-refractivity contribution in [3.8, 4) is 0 Å². The number of likely N-dealkylation sites (N-methyl/N-ethyl adjacent to an activating group) is 1. The lowest BCUT2D eigenvalue weighted by molar-refractivity contribution is -0.122. The molecule has 3 N–H and O–H groups in total. The molecule has 1 atom stereocenters. The molecule has 0 aromatic rings. The molecule has 0 heterocycles. The van der Waals surface area contributed by atoms with Gasteiger partial charge in [0.05, 0.1) is 6.04 Å². The van der Waals surface area contributed by atoms with Crippen molar-refractivity contribution in [1.82, 2.24) is 5.32 Å². The molecule has 0 aliphatic heterocycles. The Labute approximate surface area is 74.1 Å². The van der Waals surface area contributed by atoms with Crippen LogP contribution < -0.4 is 11.1 Å². The van der Waals surface area contributed by atoms with Crippen molar-refractivity contribution in [3.63, 3.8) is 0 Å². The quantitative estimate of drug-likeness (QED) is 0.666. The summed E-state index contributed by atoms with van der Waals surface area (Å²) in [5, 5.41) is 2.51. The maximum atomic E-state index is 10.8. The summed E-state index contributed by atoms with van der Waals surface area (Å²) in [4.78, 5) is 10.8. The van der Waals surface area contributed by atoms with Gasteiger partial charge < -0.3 is 11.1 Å². The molecule has 3 nitrogen and oxygen atoms in total. The van der Waals surface area contributed by atoms with Crippen LogP contribution >= 0.6 is 12.4 Å². The van der Waals surface area contributed by atoms with E-state index >= 15 is 0 Å². The van der Waals surface area contributed by atoms with E-state index < -0.39 is 0 Å². The van der Waals surface area contributed by atoms with Crippen LogP contribution in [0.1, 0.15) is 20.3 Å². The van der Waals surface area contributed by atoms with Crippen molar-refractivity contribution in [1.29, 1.82) is 0 Å². The largest absolute Gasteiger partial charge is 0.358 e. The Bertz CT molecular complexity index is 117. The van der Waals surface area contributed by atoms with E-state index in [1.54, 1.807) is 7.05 Å². The molecule has 0 fully saturated rings. The first-order valence-electron chi connectivity index (χ1n) is 3.55. The van der Waals surface area contributed by atoms with E-state index in [9.17, 15) is 4.79 Å². The van der Waals surface area contributed by atoms with Crippen LogP contribution in [0, 0.1) is 5.92 Å². The summed E-state index contributed by atoms with van der Waals surface area (Å²) in [6, 6.07) is -0.343. The van der Waals surface area contributed by atoms with Gasteiger partial charge >= 0.3 is 0 Å². The van der Waals surface area contributed by atoms with Gasteiger partial charge in [0.1, 0.15) is 0 Å². The molecule has 1 amide bonds. The maximum absolute atomic E-state index is 10.8. The Morgan fingerprint density at radius 3 is 2.27 bits per heavy atom. The summed E-state index contributed by atoms with van der Waals surface area (Å²) >= 11 is 0. The topological polar surface area (TPSA) is 55.1 Å². The number of hydrogen-bond donors (Lipinski definition) is 2. The lowest BCUT2D eigenvalue weighted by atomic mass is 10.0. The van der Waals surface area contributed by atoms with Gasteiger partial charge in [0.25, 0.3) is 0 Å². The molecular weight excluding hydrogens is 164 g/mol. The summed E-state index contributed by atoms with van der Waals surface area (Å²) < 4.78 is 0. The fourth-order valence-electron chi connectivity index (χ4n) is 0.800. The molecule has 0 radical (unpaired) electrons. The fourth-order valence-corrected chi connectivity index (χ4v) is 0.800. The molecule has 11 heavy (non-hydrogen) atoms. The standard InChI is InChI=1S/C7H16N2O.ClH/c1-5(2)4-6(8)7(10)9-3;/h5-6H,4,8H2,1-3H3,(H,9,10);1H/t6-;/m1./s1. The number of hydrogen-bond acceptors (Lipinski definition) is 2. The van der Waals surface area contributed by atoms with Crippen LogP contribution in [0.25, 0.3) is 0 Å². The van der Waals surface area contributed by atoms with Crippen molar-refractivity contribution in [2.45, 2.75) is 26.3 Å². The van der Waals surface area contributed by atoms with E-state index in [1.807, 2.05) is 13.8 Å². The van der Waals surface area contributed by atoms with Gasteiger partial charge in [0.15, 0.2) is 0 Å². The first-order chi connectivity index (χ1) is 4.57. The first kappa shape index (κ1) is 13.3. The van der Waals surface area contributed by atoms with Crippen LogP contribution in [0.15, 0.2) is 0 Å². The summed E-state index contributed by atoms with van der Waals surface area (Å²) in [5.74, 6) is 0.404. The number of nitrogens with two attached hydrogens (primary N) is 1. The Morgan fingerprint density at radius 2 is 2.00 bits per heavy atom. The third kappa shape index (κ3) is 6.13. The van der Waals surface area contributed by atoms with Crippen molar-refractivity contribution in [2.75, 3.05) is 7.05 Å². The second-order valence-electron chi connectivity index (χ2n) is 2.85. The molecule has 0 rings (SSSR count). The molecule has 0 saturated heterocycles. The Morgan fingerprint density at radius 1 is 1.55 bits per heavy atom. The van der Waals surface area contributed by atoms with Gasteiger partial charge in [-0.05, 0) is 12.3 Å². The third-order valence-electron chi connectivity index (χ3n) is 1.31. The molecule has 0 bridgehead atoms. The minimum Gasteiger partial charge on any atom is -0.358 e. The second-order valence-corrected chi connectivity index (χ2v) is 2.85. The number of rotatable bonds is 3. The predicted octanol–water partition coefficient (Wildman–Crippen LogP) is 0.528. The van der Waals surface area contributed by atoms with Crippen molar-refractivity contribution in [3.05, 3.63) is 0 Å². The van der Waals surface area contributed by atoms with E-state index in [4.69, 9.17) is 5.73 Å². The Kier molecular flexibility index (Phi) is 7.79. The highest BCUT2D eigenvalue weighted by molar-refractivity contribution is 5.85. The van der Waals surface area contributed by atoms with Crippen LogP contribution in [-0.4, -0.2) is 19.0 Å². The molecule has 0 aromatic heterocycles. The van der Waals surface area contributed by atoms with Gasteiger partial charge in [-0.15, -0.1) is 12.4 Å². The zero-order valence-corrected chi connectivity index (χ0v) is 8.07. The minimum atomic E-state index is -0.343. The van der Waals surface area contributed by atoms with Gasteiger partial charge in [-0.1, -0.05) is 13.8 Å². The lowest BCUT2D eigenvalue weighted by Crippen LogP contribution is -2.39. The molecule has 0 spiro atoms. The van der Waals surface area contributed by atoms with E-state index in [0.29, 0.717) is 5.92 Å². The third-order valence-corrected chi connectivity index (χ3v) is 1.31. The monoisotopic (exact) mass is 180 g/mol. The van der Waals surface area contributed by atoms with Crippen molar-refractivity contribution < 1.29 is 4.79 Å². The number of halogens is 1. The number of carbonyl (C=O) groups is 1. The molecule has 0 aromatic carbocycles. The van der Waals surface area contributed by atoms with Crippen LogP contribution in [-0.2, 0) is 4.79 Å². The van der Waals surface area contributed by atoms with Crippen molar-refractivity contribution in [2.24, 2.45) is 11.7 Å². The molecule has 0 unspecified atom stereocenters. The van der Waals surface area contributed by atoms with E-state index in [-0.39, 0.29) is 24.4 Å². The normalized spacial score (nSPS) is 12.1. The van der Waals surface area contributed by atoms with Gasteiger partial charge in [-0.2, -0.15) is 0 Å². The molecule has 0 aliphatic rings. The van der Waals surface area contributed by atoms with Crippen LogP contribution in [0.5, 0.6) is 0 Å². The molecule has 0 saturated carbocycles. The zero-order valence-electron chi connectivity index (χ0n) is 7.26. The van der Waals surface area contributed by atoms with Gasteiger partial charge in [0, 0.05) is 7.05 Å². The van der Waals surface area contributed by atoms with Crippen molar-refractivity contribution >= 4 is 18.3 Å². The van der Waals surface area contributed by atoms with Crippen LogP contribution in [0.2, 0.25) is 0 Å². The average molecular weight is 181 g/mol. The molecule has 0 aliphatic carbocycles. The smallest absolute Gasteiger partial charge is 0.236 e. The first-order valence-corrected chi connectivity index (χ1v) is 3.55. The Balaban J connectivity index is 0. The maximum Gasteiger partial charge on any atom is 0.236 e. The summed E-state index contributed by atoms with van der Waals surface area (Å²) in [5.41, 5.74) is 5.52. The Hall–Kier alpha value is -0.280. The highest BCUT2D eigenvalue weighted by atomic mass is 35.5. The molecule has 4 heteroatoms. The SMILES string of the molecule is CNC(=O)[C@H](N)CC(C)C.Cl. The highest BCUT2D eigenvalue weighted by Gasteiger charge is 2.11. The van der Waals surface area contributed by atoms with Crippen LogP contribution in [0.4, 0.5) is 0 Å². The van der Waals surface area contributed by atoms with E-state index in [1.165, 1.54) is 0 Å². The summed E-state index contributed by atoms with van der Waals surface area (Å²) in [6.45, 7) is 4.09. The van der Waals surface area contributed by atoms with Gasteiger partial charge in [-0.3, -0.25) is 4.79 Å². The minimum absolute atomic E-state index is 0. The van der Waals surface area contributed by atoms with Crippen LogP contribution in [0.3, 0.4) is 0 Å². The van der Waals surface area contributed by atoms with Gasteiger partial charge in [0.2, 0.25) is 5.91 Å². The molecular formula is C7H17ClN2O. The summed E-state index contributed by atoms with van der Waals surface area (Å²) in [7, 11) is 1.60. The average Bonchev–Trinajstić information content (AvgIpc) is 1.85. The molecule has 68 valence electrons. The predicted molar refractivity (Wildman–Crippen MR) is 48.7 cm³/mol. The van der Waals surface area contributed by atoms with Gasteiger partial charge in [-0.25, -0.2) is 0 Å². The second kappa shape index (κ2) is 6.43. The lowest BCUT2D eigenvalue weighted by Gasteiger charge is -2.11. The number of carbonyl (C=O) groups excluding carboxylic acids is 1. The summed E-state index contributed by atoms with van der Waals surface area (Å²) in [6.07, 6.45) is 0.750. The number of nitrogens with one attached hydrogen (secondary N) is 1.